The van der Waals surface area contributed by atoms with E-state index in [1.807, 2.05) is 12.4 Å². The molecule has 3 heterocycles. The third-order valence-electron chi connectivity index (χ3n) is 4.48. The minimum atomic E-state index is 0.431. The summed E-state index contributed by atoms with van der Waals surface area (Å²) in [5.41, 5.74) is 5.32. The average Bonchev–Trinajstić information content (AvgIpc) is 3.17. The summed E-state index contributed by atoms with van der Waals surface area (Å²) in [5.74, 6) is 0.431. The molecule has 20 heavy (non-hydrogen) atoms. The maximum Gasteiger partial charge on any atom is 0.0380 e. The number of benzene rings is 1. The maximum absolute atomic E-state index is 4.48. The SMILES string of the molecule is c1ccc2c(c1)NCC2c1cncc([C@@H]2CCCN2)c1. The van der Waals surface area contributed by atoms with Gasteiger partial charge in [-0.25, -0.2) is 0 Å². The number of nitrogens with zero attached hydrogens (tertiary/aromatic N) is 1. The van der Waals surface area contributed by atoms with Crippen molar-refractivity contribution in [1.82, 2.24) is 10.3 Å². The molecule has 0 aliphatic carbocycles. The van der Waals surface area contributed by atoms with Crippen molar-refractivity contribution in [3.8, 4) is 0 Å². The van der Waals surface area contributed by atoms with E-state index in [9.17, 15) is 0 Å². The molecule has 0 spiro atoms. The van der Waals surface area contributed by atoms with Crippen molar-refractivity contribution in [2.75, 3.05) is 18.4 Å². The smallest absolute Gasteiger partial charge is 0.0380 e. The number of hydrogen-bond acceptors (Lipinski definition) is 3. The van der Waals surface area contributed by atoms with Crippen LogP contribution in [-0.2, 0) is 0 Å². The molecule has 2 N–H and O–H groups in total. The predicted octanol–water partition coefficient (Wildman–Crippen LogP) is 3.06. The van der Waals surface area contributed by atoms with Crippen LogP contribution in [0.15, 0.2) is 42.7 Å². The Morgan fingerprint density at radius 3 is 2.90 bits per heavy atom. The van der Waals surface area contributed by atoms with Gasteiger partial charge in [0.15, 0.2) is 0 Å². The van der Waals surface area contributed by atoms with E-state index in [-0.39, 0.29) is 0 Å². The van der Waals surface area contributed by atoms with E-state index in [0.29, 0.717) is 12.0 Å². The summed E-state index contributed by atoms with van der Waals surface area (Å²) >= 11 is 0. The van der Waals surface area contributed by atoms with Gasteiger partial charge in [0.25, 0.3) is 0 Å². The zero-order chi connectivity index (χ0) is 13.4. The van der Waals surface area contributed by atoms with Gasteiger partial charge in [0, 0.05) is 36.6 Å². The van der Waals surface area contributed by atoms with Gasteiger partial charge in [0.2, 0.25) is 0 Å². The Morgan fingerprint density at radius 1 is 1.10 bits per heavy atom. The highest BCUT2D eigenvalue weighted by molar-refractivity contribution is 5.60. The summed E-state index contributed by atoms with van der Waals surface area (Å²) in [6, 6.07) is 11.4. The lowest BCUT2D eigenvalue weighted by Crippen LogP contribution is -2.14. The molecule has 2 atom stereocenters. The molecule has 0 bridgehead atoms. The Morgan fingerprint density at radius 2 is 2.00 bits per heavy atom. The average molecular weight is 265 g/mol. The lowest BCUT2D eigenvalue weighted by atomic mass is 9.92. The Labute approximate surface area is 119 Å². The highest BCUT2D eigenvalue weighted by Crippen LogP contribution is 2.36. The molecule has 1 aromatic heterocycles. The van der Waals surface area contributed by atoms with Gasteiger partial charge < -0.3 is 10.6 Å². The van der Waals surface area contributed by atoms with Crippen LogP contribution in [0, 0.1) is 0 Å². The first-order valence-corrected chi connectivity index (χ1v) is 7.43. The van der Waals surface area contributed by atoms with Gasteiger partial charge in [-0.05, 0) is 42.1 Å². The van der Waals surface area contributed by atoms with E-state index in [1.165, 1.54) is 35.2 Å². The highest BCUT2D eigenvalue weighted by Gasteiger charge is 2.24. The Hall–Kier alpha value is -1.87. The lowest BCUT2D eigenvalue weighted by Gasteiger charge is -2.15. The lowest BCUT2D eigenvalue weighted by molar-refractivity contribution is 0.643. The number of nitrogens with one attached hydrogen (secondary N) is 2. The Bertz CT molecular complexity index is 617. The molecule has 3 heteroatoms. The Balaban J connectivity index is 1.68. The van der Waals surface area contributed by atoms with Gasteiger partial charge in [-0.2, -0.15) is 0 Å². The van der Waals surface area contributed by atoms with Crippen LogP contribution in [0.5, 0.6) is 0 Å². The molecule has 4 rings (SSSR count). The molecule has 1 unspecified atom stereocenters. The predicted molar refractivity (Wildman–Crippen MR) is 81.0 cm³/mol. The van der Waals surface area contributed by atoms with Gasteiger partial charge in [-0.3, -0.25) is 4.98 Å². The number of rotatable bonds is 2. The van der Waals surface area contributed by atoms with Crippen molar-refractivity contribution in [2.45, 2.75) is 24.8 Å². The van der Waals surface area contributed by atoms with Gasteiger partial charge in [0.1, 0.15) is 0 Å². The summed E-state index contributed by atoms with van der Waals surface area (Å²) in [5, 5.41) is 7.05. The topological polar surface area (TPSA) is 37.0 Å². The van der Waals surface area contributed by atoms with Crippen molar-refractivity contribution >= 4 is 5.69 Å². The number of aromatic nitrogens is 1. The largest absolute Gasteiger partial charge is 0.384 e. The molecule has 1 aromatic carbocycles. The van der Waals surface area contributed by atoms with Crippen molar-refractivity contribution in [1.29, 1.82) is 0 Å². The van der Waals surface area contributed by atoms with Crippen LogP contribution in [0.2, 0.25) is 0 Å². The first-order valence-electron chi connectivity index (χ1n) is 7.43. The number of anilines is 1. The normalized spacial score (nSPS) is 24.4. The van der Waals surface area contributed by atoms with Crippen LogP contribution in [0.3, 0.4) is 0 Å². The van der Waals surface area contributed by atoms with Crippen molar-refractivity contribution in [3.63, 3.8) is 0 Å². The summed E-state index contributed by atoms with van der Waals surface area (Å²) in [7, 11) is 0. The van der Waals surface area contributed by atoms with Crippen LogP contribution in [0.1, 0.15) is 41.5 Å². The van der Waals surface area contributed by atoms with Crippen molar-refractivity contribution < 1.29 is 0 Å². The molecular weight excluding hydrogens is 246 g/mol. The molecule has 102 valence electrons. The van der Waals surface area contributed by atoms with Crippen LogP contribution >= 0.6 is 0 Å². The summed E-state index contributed by atoms with van der Waals surface area (Å²) in [4.78, 5) is 4.48. The van der Waals surface area contributed by atoms with Crippen LogP contribution in [0.25, 0.3) is 0 Å². The minimum absolute atomic E-state index is 0.431. The summed E-state index contributed by atoms with van der Waals surface area (Å²) in [6.07, 6.45) is 6.53. The number of hydrogen-bond donors (Lipinski definition) is 2. The summed E-state index contributed by atoms with van der Waals surface area (Å²) < 4.78 is 0. The molecule has 0 radical (unpaired) electrons. The van der Waals surface area contributed by atoms with E-state index in [4.69, 9.17) is 0 Å². The fraction of sp³-hybridized carbons (Fsp3) is 0.353. The van der Waals surface area contributed by atoms with Crippen LogP contribution in [-0.4, -0.2) is 18.1 Å². The molecule has 2 aliphatic heterocycles. The van der Waals surface area contributed by atoms with Crippen molar-refractivity contribution in [3.05, 3.63) is 59.4 Å². The standard InChI is InChI=1S/C17H19N3/c1-2-5-17-14(4-1)15(11-20-17)12-8-13(10-18-9-12)16-6-3-7-19-16/h1-2,4-5,8-10,15-16,19-20H,3,6-7,11H2/t15?,16-/m0/s1. The fourth-order valence-corrected chi connectivity index (χ4v) is 3.41. The van der Waals surface area contributed by atoms with E-state index in [0.717, 1.165) is 13.1 Å². The second-order valence-corrected chi connectivity index (χ2v) is 5.72. The van der Waals surface area contributed by atoms with Crippen molar-refractivity contribution in [2.24, 2.45) is 0 Å². The number of para-hydroxylation sites is 1. The maximum atomic E-state index is 4.48. The first kappa shape index (κ1) is 11.9. The number of pyridine rings is 1. The third-order valence-corrected chi connectivity index (χ3v) is 4.48. The molecule has 1 fully saturated rings. The van der Waals surface area contributed by atoms with Crippen LogP contribution < -0.4 is 10.6 Å². The molecular formula is C17H19N3. The zero-order valence-corrected chi connectivity index (χ0v) is 11.5. The van der Waals surface area contributed by atoms with E-state index < -0.39 is 0 Å². The molecule has 1 saturated heterocycles. The fourth-order valence-electron chi connectivity index (χ4n) is 3.41. The molecule has 0 amide bonds. The second-order valence-electron chi connectivity index (χ2n) is 5.72. The molecule has 3 nitrogen and oxygen atoms in total. The van der Waals surface area contributed by atoms with Gasteiger partial charge in [-0.1, -0.05) is 24.3 Å². The molecule has 2 aromatic rings. The van der Waals surface area contributed by atoms with E-state index >= 15 is 0 Å². The van der Waals surface area contributed by atoms with Gasteiger partial charge >= 0.3 is 0 Å². The zero-order valence-electron chi connectivity index (χ0n) is 11.5. The number of fused-ring (bicyclic) bond motifs is 1. The van der Waals surface area contributed by atoms with Gasteiger partial charge in [0.05, 0.1) is 0 Å². The quantitative estimate of drug-likeness (QED) is 0.876. The monoisotopic (exact) mass is 265 g/mol. The summed E-state index contributed by atoms with van der Waals surface area (Å²) in [6.45, 7) is 2.10. The highest BCUT2D eigenvalue weighted by atomic mass is 14.9. The Kier molecular flexibility index (Phi) is 2.92. The molecule has 0 saturated carbocycles. The van der Waals surface area contributed by atoms with E-state index in [1.54, 1.807) is 0 Å². The second kappa shape index (κ2) is 4.91. The van der Waals surface area contributed by atoms with E-state index in [2.05, 4.69) is 45.9 Å². The third kappa shape index (κ3) is 1.98. The van der Waals surface area contributed by atoms with Crippen LogP contribution in [0.4, 0.5) is 5.69 Å². The molecule has 2 aliphatic rings. The van der Waals surface area contributed by atoms with Gasteiger partial charge in [-0.15, -0.1) is 0 Å². The first-order chi connectivity index (χ1) is 9.92. The minimum Gasteiger partial charge on any atom is -0.384 e.